The van der Waals surface area contributed by atoms with Gasteiger partial charge in [-0.1, -0.05) is 38.3 Å². The Labute approximate surface area is 129 Å². The van der Waals surface area contributed by atoms with E-state index < -0.39 is 0 Å². The molecule has 0 spiro atoms. The van der Waals surface area contributed by atoms with Crippen LogP contribution in [0.4, 0.5) is 4.39 Å². The van der Waals surface area contributed by atoms with Crippen molar-refractivity contribution >= 4 is 15.9 Å². The maximum absolute atomic E-state index is 14.5. The Hall–Kier alpha value is -0.450. The summed E-state index contributed by atoms with van der Waals surface area (Å²) in [7, 11) is 1.76. The Morgan fingerprint density at radius 3 is 2.65 bits per heavy atom. The molecule has 0 amide bonds. The Morgan fingerprint density at radius 1 is 1.35 bits per heavy atom. The Morgan fingerprint density at radius 2 is 2.05 bits per heavy atom. The molecular weight excluding hydrogens is 321 g/mol. The highest BCUT2D eigenvalue weighted by Gasteiger charge is 2.41. The zero-order chi connectivity index (χ0) is 14.6. The van der Waals surface area contributed by atoms with Gasteiger partial charge in [0.15, 0.2) is 0 Å². The molecule has 2 nitrogen and oxygen atoms in total. The summed E-state index contributed by atoms with van der Waals surface area (Å²) >= 11 is 3.29. The lowest BCUT2D eigenvalue weighted by Crippen LogP contribution is -2.47. The maximum Gasteiger partial charge on any atom is 0.142 e. The van der Waals surface area contributed by atoms with Crippen LogP contribution >= 0.6 is 15.9 Å². The standard InChI is InChI=1S/C16H23BrFNO/c1-3-19-15(12-8-7-9-13(17)14(12)18)16(20-2)10-5-4-6-11-16/h7-9,15,19H,3-6,10-11H2,1-2H3. The smallest absolute Gasteiger partial charge is 0.142 e. The van der Waals surface area contributed by atoms with E-state index in [2.05, 4.69) is 28.2 Å². The fraction of sp³-hybridized carbons (Fsp3) is 0.625. The van der Waals surface area contributed by atoms with Crippen LogP contribution in [-0.2, 0) is 4.74 Å². The second kappa shape index (κ2) is 7.01. The second-order valence-corrected chi connectivity index (χ2v) is 6.32. The summed E-state index contributed by atoms with van der Waals surface area (Å²) in [5, 5.41) is 3.44. The number of likely N-dealkylation sites (N-methyl/N-ethyl adjacent to an activating group) is 1. The third-order valence-electron chi connectivity index (χ3n) is 4.33. The number of halogens is 2. The number of hydrogen-bond acceptors (Lipinski definition) is 2. The van der Waals surface area contributed by atoms with Crippen molar-refractivity contribution in [1.29, 1.82) is 0 Å². The highest BCUT2D eigenvalue weighted by atomic mass is 79.9. The van der Waals surface area contributed by atoms with Crippen LogP contribution in [0.1, 0.15) is 50.6 Å². The molecule has 1 fully saturated rings. The third-order valence-corrected chi connectivity index (χ3v) is 4.95. The molecule has 4 heteroatoms. The topological polar surface area (TPSA) is 21.3 Å². The molecule has 0 bridgehead atoms. The van der Waals surface area contributed by atoms with Crippen molar-refractivity contribution < 1.29 is 9.13 Å². The van der Waals surface area contributed by atoms with Crippen LogP contribution in [0.15, 0.2) is 22.7 Å². The number of nitrogens with one attached hydrogen (secondary N) is 1. The monoisotopic (exact) mass is 343 g/mol. The zero-order valence-corrected chi connectivity index (χ0v) is 13.8. The first kappa shape index (κ1) is 15.9. The number of hydrogen-bond donors (Lipinski definition) is 1. The summed E-state index contributed by atoms with van der Waals surface area (Å²) in [4.78, 5) is 0. The van der Waals surface area contributed by atoms with Crippen molar-refractivity contribution in [2.45, 2.75) is 50.7 Å². The lowest BCUT2D eigenvalue weighted by atomic mass is 9.76. The first-order valence-electron chi connectivity index (χ1n) is 7.37. The minimum atomic E-state index is -0.296. The summed E-state index contributed by atoms with van der Waals surface area (Å²) < 4.78 is 20.9. The Bertz CT molecular complexity index is 446. The predicted octanol–water partition coefficient (Wildman–Crippen LogP) is 4.59. The number of rotatable bonds is 5. The molecule has 0 radical (unpaired) electrons. The molecule has 0 saturated heterocycles. The Kier molecular flexibility index (Phi) is 5.58. The van der Waals surface area contributed by atoms with Gasteiger partial charge in [0.2, 0.25) is 0 Å². The van der Waals surface area contributed by atoms with E-state index in [4.69, 9.17) is 4.74 Å². The van der Waals surface area contributed by atoms with Gasteiger partial charge in [0, 0.05) is 12.7 Å². The number of benzene rings is 1. The van der Waals surface area contributed by atoms with Gasteiger partial charge < -0.3 is 10.1 Å². The van der Waals surface area contributed by atoms with Gasteiger partial charge in [-0.3, -0.25) is 0 Å². The summed E-state index contributed by atoms with van der Waals surface area (Å²) in [6.45, 7) is 2.84. The summed E-state index contributed by atoms with van der Waals surface area (Å²) in [6.07, 6.45) is 5.49. The molecule has 1 N–H and O–H groups in total. The van der Waals surface area contributed by atoms with Crippen LogP contribution in [0.3, 0.4) is 0 Å². The molecule has 0 heterocycles. The molecule has 1 saturated carbocycles. The average Bonchev–Trinajstić information content (AvgIpc) is 2.49. The summed E-state index contributed by atoms with van der Waals surface area (Å²) in [5.74, 6) is -0.180. The van der Waals surface area contributed by atoms with E-state index in [-0.39, 0.29) is 17.5 Å². The largest absolute Gasteiger partial charge is 0.376 e. The fourth-order valence-electron chi connectivity index (χ4n) is 3.29. The molecule has 1 unspecified atom stereocenters. The molecule has 20 heavy (non-hydrogen) atoms. The summed E-state index contributed by atoms with van der Waals surface area (Å²) in [6, 6.07) is 5.39. The maximum atomic E-state index is 14.5. The van der Waals surface area contributed by atoms with Crippen molar-refractivity contribution in [3.05, 3.63) is 34.1 Å². The number of methoxy groups -OCH3 is 1. The second-order valence-electron chi connectivity index (χ2n) is 5.46. The van der Waals surface area contributed by atoms with Gasteiger partial charge in [0.1, 0.15) is 5.82 Å². The van der Waals surface area contributed by atoms with Gasteiger partial charge in [-0.05, 0) is 41.4 Å². The van der Waals surface area contributed by atoms with Crippen molar-refractivity contribution in [2.75, 3.05) is 13.7 Å². The quantitative estimate of drug-likeness (QED) is 0.844. The first-order valence-corrected chi connectivity index (χ1v) is 8.16. The Balaban J connectivity index is 2.41. The number of ether oxygens (including phenoxy) is 1. The molecule has 2 rings (SSSR count). The normalized spacial score (nSPS) is 19.8. The van der Waals surface area contributed by atoms with Crippen LogP contribution < -0.4 is 5.32 Å². The zero-order valence-electron chi connectivity index (χ0n) is 12.2. The van der Waals surface area contributed by atoms with Gasteiger partial charge >= 0.3 is 0 Å². The van der Waals surface area contributed by atoms with Crippen LogP contribution in [-0.4, -0.2) is 19.3 Å². The summed E-state index contributed by atoms with van der Waals surface area (Å²) in [5.41, 5.74) is 0.403. The first-order chi connectivity index (χ1) is 9.64. The fourth-order valence-corrected chi connectivity index (χ4v) is 3.67. The molecule has 0 aliphatic heterocycles. The molecule has 112 valence electrons. The van der Waals surface area contributed by atoms with Crippen molar-refractivity contribution in [3.8, 4) is 0 Å². The molecule has 1 aliphatic carbocycles. The minimum absolute atomic E-state index is 0.102. The lowest BCUT2D eigenvalue weighted by Gasteiger charge is -2.43. The molecule has 1 aliphatic rings. The predicted molar refractivity (Wildman–Crippen MR) is 83.3 cm³/mol. The van der Waals surface area contributed by atoms with E-state index >= 15 is 0 Å². The van der Waals surface area contributed by atoms with E-state index in [1.807, 2.05) is 12.1 Å². The van der Waals surface area contributed by atoms with Crippen LogP contribution in [0.25, 0.3) is 0 Å². The van der Waals surface area contributed by atoms with Gasteiger partial charge in [-0.2, -0.15) is 0 Å². The molecule has 0 aromatic heterocycles. The lowest BCUT2D eigenvalue weighted by molar-refractivity contribution is -0.0692. The third kappa shape index (κ3) is 3.07. The van der Waals surface area contributed by atoms with E-state index in [0.717, 1.165) is 32.2 Å². The van der Waals surface area contributed by atoms with Crippen LogP contribution in [0, 0.1) is 5.82 Å². The molecular formula is C16H23BrFNO. The van der Waals surface area contributed by atoms with Gasteiger partial charge in [-0.25, -0.2) is 4.39 Å². The van der Waals surface area contributed by atoms with Gasteiger partial charge in [-0.15, -0.1) is 0 Å². The van der Waals surface area contributed by atoms with Crippen molar-refractivity contribution in [1.82, 2.24) is 5.32 Å². The average molecular weight is 344 g/mol. The van der Waals surface area contributed by atoms with Gasteiger partial charge in [0.25, 0.3) is 0 Å². The molecule has 1 aromatic carbocycles. The van der Waals surface area contributed by atoms with Crippen molar-refractivity contribution in [3.63, 3.8) is 0 Å². The highest BCUT2D eigenvalue weighted by Crippen LogP contribution is 2.42. The molecule has 1 atom stereocenters. The van der Waals surface area contributed by atoms with Gasteiger partial charge in [0.05, 0.1) is 16.1 Å². The van der Waals surface area contributed by atoms with Crippen LogP contribution in [0.5, 0.6) is 0 Å². The van der Waals surface area contributed by atoms with E-state index in [1.165, 1.54) is 6.42 Å². The minimum Gasteiger partial charge on any atom is -0.376 e. The van der Waals surface area contributed by atoms with E-state index in [1.54, 1.807) is 13.2 Å². The highest BCUT2D eigenvalue weighted by molar-refractivity contribution is 9.10. The van der Waals surface area contributed by atoms with Crippen molar-refractivity contribution in [2.24, 2.45) is 0 Å². The SMILES string of the molecule is CCNC(c1cccc(Br)c1F)C1(OC)CCCCC1. The molecule has 1 aromatic rings. The van der Waals surface area contributed by atoms with Crippen LogP contribution in [0.2, 0.25) is 0 Å². The van der Waals surface area contributed by atoms with E-state index in [0.29, 0.717) is 10.0 Å². The van der Waals surface area contributed by atoms with E-state index in [9.17, 15) is 4.39 Å².